The van der Waals surface area contributed by atoms with Gasteiger partial charge in [-0.05, 0) is 42.1 Å². The van der Waals surface area contributed by atoms with E-state index >= 15 is 0 Å². The first-order valence-electron chi connectivity index (χ1n) is 7.54. The number of anilines is 1. The fraction of sp³-hybridized carbons (Fsp3) is 0.167. The number of aliphatic hydroxyl groups excluding tert-OH is 1. The number of aliphatic hydroxyl groups is 1. The molecule has 1 aromatic carbocycles. The van der Waals surface area contributed by atoms with Crippen LogP contribution < -0.4 is 10.6 Å². The molecule has 124 valence electrons. The van der Waals surface area contributed by atoms with E-state index in [9.17, 15) is 9.90 Å². The van der Waals surface area contributed by atoms with Gasteiger partial charge in [-0.3, -0.25) is 0 Å². The molecule has 0 aliphatic rings. The van der Waals surface area contributed by atoms with Crippen molar-refractivity contribution in [1.82, 2.24) is 5.32 Å². The van der Waals surface area contributed by atoms with Gasteiger partial charge in [0.1, 0.15) is 6.10 Å². The standard InChI is InChI=1S/C18H18N2O2S2/c1-12-5-2-3-6-14(12)20-18(22)19-11-13-8-9-16(24-13)17(21)15-7-4-10-23-15/h2-10,17,21H,11H2,1H3,(H2,19,20,22). The van der Waals surface area contributed by atoms with Gasteiger partial charge in [-0.15, -0.1) is 22.7 Å². The summed E-state index contributed by atoms with van der Waals surface area (Å²) in [5.41, 5.74) is 1.82. The number of benzene rings is 1. The number of thiophene rings is 2. The van der Waals surface area contributed by atoms with Crippen LogP contribution in [-0.4, -0.2) is 11.1 Å². The van der Waals surface area contributed by atoms with E-state index in [0.29, 0.717) is 6.54 Å². The van der Waals surface area contributed by atoms with Crippen molar-refractivity contribution in [2.75, 3.05) is 5.32 Å². The van der Waals surface area contributed by atoms with Gasteiger partial charge < -0.3 is 15.7 Å². The largest absolute Gasteiger partial charge is 0.382 e. The third-order valence-corrected chi connectivity index (χ3v) is 5.64. The third kappa shape index (κ3) is 4.03. The summed E-state index contributed by atoms with van der Waals surface area (Å²) < 4.78 is 0. The maximum absolute atomic E-state index is 12.0. The zero-order chi connectivity index (χ0) is 16.9. The maximum Gasteiger partial charge on any atom is 0.319 e. The van der Waals surface area contributed by atoms with E-state index in [1.165, 1.54) is 22.7 Å². The Hall–Kier alpha value is -2.15. The van der Waals surface area contributed by atoms with Crippen LogP contribution in [0.2, 0.25) is 0 Å². The average Bonchev–Trinajstić information content (AvgIpc) is 3.26. The Morgan fingerprint density at radius 3 is 2.71 bits per heavy atom. The Balaban J connectivity index is 1.55. The Morgan fingerprint density at radius 2 is 1.96 bits per heavy atom. The number of urea groups is 1. The monoisotopic (exact) mass is 358 g/mol. The summed E-state index contributed by atoms with van der Waals surface area (Å²) in [6.07, 6.45) is -0.593. The molecular weight excluding hydrogens is 340 g/mol. The number of carbonyl (C=O) groups is 1. The van der Waals surface area contributed by atoms with E-state index in [4.69, 9.17) is 0 Å². The zero-order valence-electron chi connectivity index (χ0n) is 13.2. The quantitative estimate of drug-likeness (QED) is 0.628. The highest BCUT2D eigenvalue weighted by Gasteiger charge is 2.14. The highest BCUT2D eigenvalue weighted by Crippen LogP contribution is 2.30. The van der Waals surface area contributed by atoms with Gasteiger partial charge in [0, 0.05) is 20.3 Å². The predicted octanol–water partition coefficient (Wildman–Crippen LogP) is 4.52. The van der Waals surface area contributed by atoms with Gasteiger partial charge in [0.05, 0.1) is 6.54 Å². The van der Waals surface area contributed by atoms with Gasteiger partial charge in [-0.25, -0.2) is 4.79 Å². The molecule has 0 aliphatic carbocycles. The van der Waals surface area contributed by atoms with Crippen molar-refractivity contribution >= 4 is 34.4 Å². The van der Waals surface area contributed by atoms with Gasteiger partial charge in [0.15, 0.2) is 0 Å². The average molecular weight is 358 g/mol. The molecular formula is C18H18N2O2S2. The van der Waals surface area contributed by atoms with Crippen molar-refractivity contribution in [2.24, 2.45) is 0 Å². The third-order valence-electron chi connectivity index (χ3n) is 3.58. The Bertz CT molecular complexity index is 812. The molecule has 1 unspecified atom stereocenters. The minimum absolute atomic E-state index is 0.238. The fourth-order valence-electron chi connectivity index (χ4n) is 2.27. The number of amides is 2. The molecule has 3 aromatic rings. The van der Waals surface area contributed by atoms with Gasteiger partial charge in [-0.1, -0.05) is 24.3 Å². The Labute approximate surface area is 148 Å². The Morgan fingerprint density at radius 1 is 1.12 bits per heavy atom. The lowest BCUT2D eigenvalue weighted by Gasteiger charge is -2.09. The molecule has 24 heavy (non-hydrogen) atoms. The normalized spacial score (nSPS) is 11.9. The topological polar surface area (TPSA) is 61.4 Å². The lowest BCUT2D eigenvalue weighted by Crippen LogP contribution is -2.28. The predicted molar refractivity (Wildman–Crippen MR) is 99.7 cm³/mol. The van der Waals surface area contributed by atoms with Gasteiger partial charge in [0.25, 0.3) is 0 Å². The molecule has 2 aromatic heterocycles. The summed E-state index contributed by atoms with van der Waals surface area (Å²) in [4.78, 5) is 14.8. The highest BCUT2D eigenvalue weighted by atomic mass is 32.1. The smallest absolute Gasteiger partial charge is 0.319 e. The van der Waals surface area contributed by atoms with Crippen LogP contribution in [0.1, 0.15) is 26.3 Å². The zero-order valence-corrected chi connectivity index (χ0v) is 14.8. The molecule has 2 amide bonds. The van der Waals surface area contributed by atoms with E-state index in [0.717, 1.165) is 25.9 Å². The van der Waals surface area contributed by atoms with E-state index in [1.54, 1.807) is 0 Å². The van der Waals surface area contributed by atoms with Crippen LogP contribution >= 0.6 is 22.7 Å². The molecule has 3 N–H and O–H groups in total. The van der Waals surface area contributed by atoms with Crippen molar-refractivity contribution < 1.29 is 9.90 Å². The number of hydrogen-bond donors (Lipinski definition) is 3. The van der Waals surface area contributed by atoms with Gasteiger partial charge >= 0.3 is 6.03 Å². The molecule has 0 bridgehead atoms. The van der Waals surface area contributed by atoms with Crippen molar-refractivity contribution in [1.29, 1.82) is 0 Å². The van der Waals surface area contributed by atoms with Crippen LogP contribution in [0, 0.1) is 6.92 Å². The fourth-order valence-corrected chi connectivity index (χ4v) is 4.03. The van der Waals surface area contributed by atoms with Crippen LogP contribution in [0.5, 0.6) is 0 Å². The first-order valence-corrected chi connectivity index (χ1v) is 9.23. The Kier molecular flexibility index (Phi) is 5.30. The molecule has 6 heteroatoms. The minimum Gasteiger partial charge on any atom is -0.382 e. The molecule has 0 spiro atoms. The van der Waals surface area contributed by atoms with Crippen LogP contribution in [0.25, 0.3) is 0 Å². The van der Waals surface area contributed by atoms with Gasteiger partial charge in [0.2, 0.25) is 0 Å². The number of para-hydroxylation sites is 1. The van der Waals surface area contributed by atoms with Crippen LogP contribution in [0.4, 0.5) is 10.5 Å². The van der Waals surface area contributed by atoms with Gasteiger partial charge in [-0.2, -0.15) is 0 Å². The number of carbonyl (C=O) groups excluding carboxylic acids is 1. The summed E-state index contributed by atoms with van der Waals surface area (Å²) in [5.74, 6) is 0. The minimum atomic E-state index is -0.593. The number of hydrogen-bond acceptors (Lipinski definition) is 4. The summed E-state index contributed by atoms with van der Waals surface area (Å²) >= 11 is 3.04. The van der Waals surface area contributed by atoms with Crippen LogP contribution in [0.15, 0.2) is 53.9 Å². The van der Waals surface area contributed by atoms with Crippen LogP contribution in [0.3, 0.4) is 0 Å². The van der Waals surface area contributed by atoms with E-state index in [1.807, 2.05) is 60.8 Å². The van der Waals surface area contributed by atoms with Crippen molar-refractivity contribution in [3.8, 4) is 0 Å². The second-order valence-electron chi connectivity index (χ2n) is 5.34. The molecule has 2 heterocycles. The first kappa shape index (κ1) is 16.7. The van der Waals surface area contributed by atoms with Crippen molar-refractivity contribution in [3.05, 3.63) is 74.1 Å². The number of nitrogens with one attached hydrogen (secondary N) is 2. The highest BCUT2D eigenvalue weighted by molar-refractivity contribution is 7.12. The van der Waals surface area contributed by atoms with E-state index in [2.05, 4.69) is 10.6 Å². The second kappa shape index (κ2) is 7.61. The van der Waals surface area contributed by atoms with E-state index < -0.39 is 6.10 Å². The summed E-state index contributed by atoms with van der Waals surface area (Å²) in [6.45, 7) is 2.38. The summed E-state index contributed by atoms with van der Waals surface area (Å²) in [5, 5.41) is 17.9. The lowest BCUT2D eigenvalue weighted by molar-refractivity contribution is 0.228. The molecule has 4 nitrogen and oxygen atoms in total. The van der Waals surface area contributed by atoms with Crippen LogP contribution in [-0.2, 0) is 6.54 Å². The number of aryl methyl sites for hydroxylation is 1. The maximum atomic E-state index is 12.0. The van der Waals surface area contributed by atoms with E-state index in [-0.39, 0.29) is 6.03 Å². The van der Waals surface area contributed by atoms with Crippen molar-refractivity contribution in [3.63, 3.8) is 0 Å². The van der Waals surface area contributed by atoms with Crippen molar-refractivity contribution in [2.45, 2.75) is 19.6 Å². The SMILES string of the molecule is Cc1ccccc1NC(=O)NCc1ccc(C(O)c2cccs2)s1. The second-order valence-corrected chi connectivity index (χ2v) is 7.52. The molecule has 1 atom stereocenters. The molecule has 0 saturated heterocycles. The molecule has 0 radical (unpaired) electrons. The first-order chi connectivity index (χ1) is 11.6. The molecule has 0 saturated carbocycles. The molecule has 0 fully saturated rings. The lowest BCUT2D eigenvalue weighted by atomic mass is 10.2. The molecule has 3 rings (SSSR count). The summed E-state index contributed by atoms with van der Waals surface area (Å²) in [7, 11) is 0. The molecule has 0 aliphatic heterocycles. The summed E-state index contributed by atoms with van der Waals surface area (Å²) in [6, 6.07) is 15.1. The number of rotatable bonds is 5.